The second-order valence-corrected chi connectivity index (χ2v) is 9.44. The van der Waals surface area contributed by atoms with E-state index in [0.29, 0.717) is 10.0 Å². The number of hydrazone groups is 1. The number of anilines is 1. The average molecular weight is 474 g/mol. The molecule has 6 nitrogen and oxygen atoms in total. The van der Waals surface area contributed by atoms with Crippen LogP contribution in [0.15, 0.2) is 88.9 Å². The molecule has 0 saturated carbocycles. The fourth-order valence-electron chi connectivity index (χ4n) is 3.27. The molecular weight excluding hydrogens is 457 g/mol. The quantitative estimate of drug-likeness (QED) is 0.576. The maximum Gasteiger partial charge on any atom is 0.281 e. The largest absolute Gasteiger partial charge is 0.281 e. The van der Waals surface area contributed by atoms with Crippen LogP contribution in [-0.4, -0.2) is 20.0 Å². The lowest BCUT2D eigenvalue weighted by molar-refractivity contribution is -0.113. The van der Waals surface area contributed by atoms with Gasteiger partial charge in [0.25, 0.3) is 15.9 Å². The van der Waals surface area contributed by atoms with Crippen LogP contribution in [-0.2, 0) is 14.8 Å². The molecule has 0 aromatic heterocycles. The highest BCUT2D eigenvalue weighted by Gasteiger charge is 2.34. The number of nitrogens with zero attached hydrogens (tertiary/aromatic N) is 2. The first-order chi connectivity index (χ1) is 14.8. The maximum atomic E-state index is 12.8. The normalized spacial score (nSPS) is 16.1. The zero-order valence-electron chi connectivity index (χ0n) is 16.1. The zero-order chi connectivity index (χ0) is 22.0. The third kappa shape index (κ3) is 4.74. The molecule has 4 rings (SSSR count). The Balaban J connectivity index is 1.62. The summed E-state index contributed by atoms with van der Waals surface area (Å²) in [6, 6.07) is 21.9. The van der Waals surface area contributed by atoms with E-state index in [2.05, 4.69) is 9.82 Å². The minimum absolute atomic E-state index is 0.0574. The molecule has 3 aromatic carbocycles. The Labute approximate surface area is 190 Å². The van der Waals surface area contributed by atoms with Crippen molar-refractivity contribution in [2.75, 3.05) is 5.01 Å². The van der Waals surface area contributed by atoms with Crippen molar-refractivity contribution < 1.29 is 13.2 Å². The highest BCUT2D eigenvalue weighted by Crippen LogP contribution is 2.35. The van der Waals surface area contributed by atoms with E-state index in [1.54, 1.807) is 29.3 Å². The Hall–Kier alpha value is -2.87. The molecule has 1 aliphatic rings. The predicted octanol–water partition coefficient (Wildman–Crippen LogP) is 4.81. The van der Waals surface area contributed by atoms with Crippen molar-refractivity contribution in [2.45, 2.75) is 17.4 Å². The monoisotopic (exact) mass is 473 g/mol. The van der Waals surface area contributed by atoms with E-state index in [1.165, 1.54) is 24.3 Å². The van der Waals surface area contributed by atoms with Crippen molar-refractivity contribution in [1.29, 1.82) is 0 Å². The molecule has 31 heavy (non-hydrogen) atoms. The summed E-state index contributed by atoms with van der Waals surface area (Å²) in [6.07, 6.45) is 0.245. The molecule has 1 amide bonds. The summed E-state index contributed by atoms with van der Waals surface area (Å²) in [6.45, 7) is 0. The number of hydrogen-bond acceptors (Lipinski definition) is 5. The predicted molar refractivity (Wildman–Crippen MR) is 122 cm³/mol. The summed E-state index contributed by atoms with van der Waals surface area (Å²) in [7, 11) is -4.06. The van der Waals surface area contributed by atoms with Crippen molar-refractivity contribution in [1.82, 2.24) is 4.72 Å². The van der Waals surface area contributed by atoms with Gasteiger partial charge in [-0.1, -0.05) is 53.5 Å². The molecule has 0 radical (unpaired) electrons. The van der Waals surface area contributed by atoms with Gasteiger partial charge in [0.2, 0.25) is 0 Å². The Morgan fingerprint density at radius 3 is 2.10 bits per heavy atom. The summed E-state index contributed by atoms with van der Waals surface area (Å²) < 4.78 is 27.3. The third-order valence-electron chi connectivity index (χ3n) is 4.80. The second kappa shape index (κ2) is 8.70. The van der Waals surface area contributed by atoms with Gasteiger partial charge in [0.1, 0.15) is 5.71 Å². The molecule has 1 atom stereocenters. The maximum absolute atomic E-state index is 12.8. The van der Waals surface area contributed by atoms with Crippen LogP contribution in [0, 0.1) is 0 Å². The van der Waals surface area contributed by atoms with Gasteiger partial charge in [0.05, 0.1) is 16.6 Å². The van der Waals surface area contributed by atoms with Crippen LogP contribution in [0.25, 0.3) is 0 Å². The molecule has 1 unspecified atom stereocenters. The van der Waals surface area contributed by atoms with E-state index in [4.69, 9.17) is 23.2 Å². The number of benzene rings is 3. The lowest BCUT2D eigenvalue weighted by atomic mass is 10.0. The fraction of sp³-hybridized carbons (Fsp3) is 0.0909. The summed E-state index contributed by atoms with van der Waals surface area (Å²) in [5, 5.41) is 7.13. The highest BCUT2D eigenvalue weighted by atomic mass is 35.5. The van der Waals surface area contributed by atoms with Crippen molar-refractivity contribution >= 4 is 50.5 Å². The lowest BCUT2D eigenvalue weighted by Crippen LogP contribution is -2.35. The standard InChI is InChI=1S/C22H17Cl2N3O3S/c23-16-6-10-18(11-7-16)27-21(15-4-2-1-3-5-15)14-20(25-27)22(28)26-31(29,30)19-12-8-17(24)9-13-19/h1-13,21H,14H2,(H,26,28). The van der Waals surface area contributed by atoms with Gasteiger partial charge < -0.3 is 0 Å². The van der Waals surface area contributed by atoms with Crippen molar-refractivity contribution in [2.24, 2.45) is 5.10 Å². The first-order valence-electron chi connectivity index (χ1n) is 9.33. The van der Waals surface area contributed by atoms with E-state index < -0.39 is 15.9 Å². The van der Waals surface area contributed by atoms with E-state index in [-0.39, 0.29) is 23.1 Å². The van der Waals surface area contributed by atoms with Crippen LogP contribution >= 0.6 is 23.2 Å². The number of carbonyl (C=O) groups is 1. The van der Waals surface area contributed by atoms with Gasteiger partial charge in [-0.05, 0) is 54.1 Å². The molecule has 3 aromatic rings. The minimum Gasteiger partial charge on any atom is -0.267 e. The molecule has 158 valence electrons. The molecule has 9 heteroatoms. The van der Waals surface area contributed by atoms with Crippen LogP contribution in [0.1, 0.15) is 18.0 Å². The third-order valence-corrected chi connectivity index (χ3v) is 6.65. The molecule has 1 aliphatic heterocycles. The van der Waals surface area contributed by atoms with E-state index >= 15 is 0 Å². The van der Waals surface area contributed by atoms with Crippen LogP contribution in [0.5, 0.6) is 0 Å². The molecule has 0 bridgehead atoms. The lowest BCUT2D eigenvalue weighted by Gasteiger charge is -2.24. The van der Waals surface area contributed by atoms with Crippen LogP contribution in [0.4, 0.5) is 5.69 Å². The Kier molecular flexibility index (Phi) is 6.00. The first kappa shape index (κ1) is 21.4. The molecule has 0 spiro atoms. The SMILES string of the molecule is O=C(NS(=O)(=O)c1ccc(Cl)cc1)C1=NN(c2ccc(Cl)cc2)C(c2ccccc2)C1. The van der Waals surface area contributed by atoms with Gasteiger partial charge in [-0.25, -0.2) is 13.1 Å². The number of carbonyl (C=O) groups excluding carboxylic acids is 1. The van der Waals surface area contributed by atoms with Crippen LogP contribution < -0.4 is 9.73 Å². The molecule has 1 N–H and O–H groups in total. The van der Waals surface area contributed by atoms with Crippen molar-refractivity contribution in [3.63, 3.8) is 0 Å². The van der Waals surface area contributed by atoms with Crippen molar-refractivity contribution in [3.8, 4) is 0 Å². The summed E-state index contributed by atoms with van der Waals surface area (Å²) >= 11 is 11.8. The molecule has 0 fully saturated rings. The molecule has 0 aliphatic carbocycles. The molecule has 0 saturated heterocycles. The number of rotatable bonds is 5. The minimum atomic E-state index is -4.06. The van der Waals surface area contributed by atoms with Gasteiger partial charge in [-0.3, -0.25) is 9.80 Å². The number of nitrogens with one attached hydrogen (secondary N) is 1. The number of hydrogen-bond donors (Lipinski definition) is 1. The molecular formula is C22H17Cl2N3O3S. The number of amides is 1. The zero-order valence-corrected chi connectivity index (χ0v) is 18.4. The smallest absolute Gasteiger partial charge is 0.267 e. The average Bonchev–Trinajstić information content (AvgIpc) is 3.21. The van der Waals surface area contributed by atoms with Gasteiger partial charge in [0, 0.05) is 16.5 Å². The Morgan fingerprint density at radius 2 is 1.48 bits per heavy atom. The topological polar surface area (TPSA) is 78.8 Å². The molecule has 1 heterocycles. The fourth-order valence-corrected chi connectivity index (χ4v) is 4.49. The number of sulfonamides is 1. The summed E-state index contributed by atoms with van der Waals surface area (Å²) in [5.41, 5.74) is 1.80. The summed E-state index contributed by atoms with van der Waals surface area (Å²) in [5.74, 6) is -0.771. The summed E-state index contributed by atoms with van der Waals surface area (Å²) in [4.78, 5) is 12.8. The second-order valence-electron chi connectivity index (χ2n) is 6.89. The highest BCUT2D eigenvalue weighted by molar-refractivity contribution is 7.90. The van der Waals surface area contributed by atoms with Gasteiger partial charge >= 0.3 is 0 Å². The first-order valence-corrected chi connectivity index (χ1v) is 11.6. The van der Waals surface area contributed by atoms with Crippen LogP contribution in [0.2, 0.25) is 10.0 Å². The van der Waals surface area contributed by atoms with Gasteiger partial charge in [-0.15, -0.1) is 0 Å². The Bertz CT molecular complexity index is 1230. The van der Waals surface area contributed by atoms with E-state index in [1.807, 2.05) is 30.3 Å². The van der Waals surface area contributed by atoms with Crippen molar-refractivity contribution in [3.05, 3.63) is 94.5 Å². The van der Waals surface area contributed by atoms with Gasteiger partial charge in [-0.2, -0.15) is 5.10 Å². The van der Waals surface area contributed by atoms with Gasteiger partial charge in [0.15, 0.2) is 0 Å². The van der Waals surface area contributed by atoms with Crippen LogP contribution in [0.3, 0.4) is 0 Å². The number of halogens is 2. The van der Waals surface area contributed by atoms with E-state index in [0.717, 1.165) is 11.3 Å². The Morgan fingerprint density at radius 1 is 0.903 bits per heavy atom. The van der Waals surface area contributed by atoms with E-state index in [9.17, 15) is 13.2 Å².